The van der Waals surface area contributed by atoms with Crippen molar-refractivity contribution < 1.29 is 0 Å². The highest BCUT2D eigenvalue weighted by atomic mass is 35.5. The van der Waals surface area contributed by atoms with Gasteiger partial charge in [-0.2, -0.15) is 0 Å². The Labute approximate surface area is 131 Å². The van der Waals surface area contributed by atoms with Crippen molar-refractivity contribution in [2.45, 2.75) is 20.3 Å². The second-order valence-electron chi connectivity index (χ2n) is 4.54. The SMILES string of the molecule is Cc1sc(Cl)cc1C1=C(c2cc(Cl)sc2C)CC=C1. The van der Waals surface area contributed by atoms with Gasteiger partial charge >= 0.3 is 0 Å². The number of thiophene rings is 2. The third kappa shape index (κ3) is 2.43. The van der Waals surface area contributed by atoms with Gasteiger partial charge in [0, 0.05) is 9.75 Å². The third-order valence-electron chi connectivity index (χ3n) is 3.32. The Hall–Kier alpha value is -0.540. The first-order valence-corrected chi connectivity index (χ1v) is 8.37. The summed E-state index contributed by atoms with van der Waals surface area (Å²) < 4.78 is 1.70. The van der Waals surface area contributed by atoms with Crippen LogP contribution in [-0.2, 0) is 0 Å². The second kappa shape index (κ2) is 5.10. The lowest BCUT2D eigenvalue weighted by atomic mass is 9.98. The number of hydrogen-bond donors (Lipinski definition) is 0. The molecule has 2 heterocycles. The lowest BCUT2D eigenvalue weighted by Crippen LogP contribution is -1.86. The monoisotopic (exact) mass is 326 g/mol. The molecule has 0 unspecified atom stereocenters. The quantitative estimate of drug-likeness (QED) is 0.582. The zero-order chi connectivity index (χ0) is 13.6. The van der Waals surface area contributed by atoms with Gasteiger partial charge in [0.1, 0.15) is 0 Å². The van der Waals surface area contributed by atoms with Gasteiger partial charge in [0.05, 0.1) is 8.67 Å². The van der Waals surface area contributed by atoms with Gasteiger partial charge in [-0.1, -0.05) is 35.4 Å². The Morgan fingerprint density at radius 1 is 0.947 bits per heavy atom. The van der Waals surface area contributed by atoms with Crippen molar-refractivity contribution in [3.63, 3.8) is 0 Å². The van der Waals surface area contributed by atoms with Crippen molar-refractivity contribution in [1.29, 1.82) is 0 Å². The van der Waals surface area contributed by atoms with E-state index in [9.17, 15) is 0 Å². The van der Waals surface area contributed by atoms with Crippen LogP contribution in [0.4, 0.5) is 0 Å². The molecule has 0 amide bonds. The molecule has 98 valence electrons. The topological polar surface area (TPSA) is 0 Å². The van der Waals surface area contributed by atoms with Crippen molar-refractivity contribution >= 4 is 57.0 Å². The van der Waals surface area contributed by atoms with Crippen LogP contribution in [0.1, 0.15) is 27.3 Å². The van der Waals surface area contributed by atoms with E-state index < -0.39 is 0 Å². The summed E-state index contributed by atoms with van der Waals surface area (Å²) in [7, 11) is 0. The maximum atomic E-state index is 6.13. The number of hydrogen-bond acceptors (Lipinski definition) is 2. The number of aryl methyl sites for hydroxylation is 2. The summed E-state index contributed by atoms with van der Waals surface area (Å²) in [6, 6.07) is 4.14. The molecule has 0 saturated carbocycles. The van der Waals surface area contributed by atoms with Crippen molar-refractivity contribution in [1.82, 2.24) is 0 Å². The van der Waals surface area contributed by atoms with E-state index in [-0.39, 0.29) is 0 Å². The van der Waals surface area contributed by atoms with Crippen LogP contribution in [0.5, 0.6) is 0 Å². The van der Waals surface area contributed by atoms with E-state index in [0.29, 0.717) is 0 Å². The first-order chi connectivity index (χ1) is 9.06. The minimum atomic E-state index is 0.847. The largest absolute Gasteiger partial charge is 0.128 e. The summed E-state index contributed by atoms with van der Waals surface area (Å²) in [4.78, 5) is 2.54. The molecular formula is C15H12Cl2S2. The first-order valence-electron chi connectivity index (χ1n) is 5.98. The molecule has 2 aromatic heterocycles. The molecule has 0 aliphatic heterocycles. The van der Waals surface area contributed by atoms with Crippen LogP contribution in [-0.4, -0.2) is 0 Å². The minimum Gasteiger partial charge on any atom is -0.128 e. The van der Waals surface area contributed by atoms with E-state index in [1.807, 2.05) is 0 Å². The molecule has 0 bridgehead atoms. The lowest BCUT2D eigenvalue weighted by molar-refractivity contribution is 1.42. The molecule has 3 rings (SSSR count). The zero-order valence-corrected chi connectivity index (χ0v) is 13.7. The van der Waals surface area contributed by atoms with Gasteiger partial charge in [-0.3, -0.25) is 0 Å². The van der Waals surface area contributed by atoms with Gasteiger partial charge in [0.25, 0.3) is 0 Å². The summed E-state index contributed by atoms with van der Waals surface area (Å²) in [6.45, 7) is 4.25. The predicted octanol–water partition coefficient (Wildman–Crippen LogP) is 6.60. The summed E-state index contributed by atoms with van der Waals surface area (Å²) >= 11 is 15.5. The summed E-state index contributed by atoms with van der Waals surface area (Å²) in [5.74, 6) is 0. The van der Waals surface area contributed by atoms with E-state index in [2.05, 4.69) is 38.1 Å². The Bertz CT molecular complexity index is 702. The lowest BCUT2D eigenvalue weighted by Gasteiger charge is -2.07. The number of rotatable bonds is 2. The standard InChI is InChI=1S/C15H12Cl2S2/c1-8-12(6-14(16)18-8)10-4-3-5-11(10)13-7-15(17)19-9(13)2/h3-4,6-7H,5H2,1-2H3. The van der Waals surface area contributed by atoms with Crippen LogP contribution >= 0.6 is 45.9 Å². The molecule has 0 spiro atoms. The van der Waals surface area contributed by atoms with Gasteiger partial charge in [0.15, 0.2) is 0 Å². The molecular weight excluding hydrogens is 315 g/mol. The molecule has 0 atom stereocenters. The molecule has 0 fully saturated rings. The molecule has 1 aliphatic carbocycles. The fraction of sp³-hybridized carbons (Fsp3) is 0.200. The highest BCUT2D eigenvalue weighted by Crippen LogP contribution is 2.42. The summed E-state index contributed by atoms with van der Waals surface area (Å²) in [5.41, 5.74) is 5.17. The molecule has 1 aliphatic rings. The smallest absolute Gasteiger partial charge is 0.0937 e. The maximum absolute atomic E-state index is 6.13. The molecule has 2 aromatic rings. The molecule has 19 heavy (non-hydrogen) atoms. The normalized spacial score (nSPS) is 14.7. The molecule has 0 radical (unpaired) electrons. The van der Waals surface area contributed by atoms with Crippen molar-refractivity contribution in [3.05, 3.63) is 53.8 Å². The number of halogens is 2. The molecule has 0 N–H and O–H groups in total. The third-order valence-corrected chi connectivity index (χ3v) is 5.68. The Morgan fingerprint density at radius 2 is 1.53 bits per heavy atom. The van der Waals surface area contributed by atoms with Crippen molar-refractivity contribution in [2.24, 2.45) is 0 Å². The van der Waals surface area contributed by atoms with Crippen LogP contribution in [0, 0.1) is 13.8 Å². The van der Waals surface area contributed by atoms with Gasteiger partial charge in [-0.05, 0) is 54.7 Å². The Morgan fingerprint density at radius 3 is 2.05 bits per heavy atom. The highest BCUT2D eigenvalue weighted by Gasteiger charge is 2.19. The molecule has 0 aromatic carbocycles. The van der Waals surface area contributed by atoms with E-state index in [4.69, 9.17) is 23.2 Å². The average molecular weight is 327 g/mol. The Kier molecular flexibility index (Phi) is 3.61. The molecule has 0 nitrogen and oxygen atoms in total. The van der Waals surface area contributed by atoms with Crippen LogP contribution < -0.4 is 0 Å². The van der Waals surface area contributed by atoms with Crippen LogP contribution in [0.3, 0.4) is 0 Å². The van der Waals surface area contributed by atoms with Gasteiger partial charge in [-0.15, -0.1) is 22.7 Å². The fourth-order valence-corrected chi connectivity index (χ4v) is 4.89. The fourth-order valence-electron chi connectivity index (χ4n) is 2.47. The first kappa shape index (κ1) is 13.4. The summed E-state index contributed by atoms with van der Waals surface area (Å²) in [5, 5.41) is 0. The van der Waals surface area contributed by atoms with E-state index in [1.54, 1.807) is 22.7 Å². The van der Waals surface area contributed by atoms with Crippen LogP contribution in [0.15, 0.2) is 24.3 Å². The van der Waals surface area contributed by atoms with Gasteiger partial charge < -0.3 is 0 Å². The number of allylic oxidation sites excluding steroid dienone is 4. The molecule has 0 saturated heterocycles. The van der Waals surface area contributed by atoms with Crippen molar-refractivity contribution in [3.8, 4) is 0 Å². The van der Waals surface area contributed by atoms with Crippen LogP contribution in [0.2, 0.25) is 8.67 Å². The minimum absolute atomic E-state index is 0.847. The Balaban J connectivity index is 2.17. The van der Waals surface area contributed by atoms with Gasteiger partial charge in [-0.25, -0.2) is 0 Å². The second-order valence-corrected chi connectivity index (χ2v) is 8.31. The average Bonchev–Trinajstić information content (AvgIpc) is 2.98. The van der Waals surface area contributed by atoms with E-state index >= 15 is 0 Å². The highest BCUT2D eigenvalue weighted by molar-refractivity contribution is 7.16. The van der Waals surface area contributed by atoms with Gasteiger partial charge in [0.2, 0.25) is 0 Å². The van der Waals surface area contributed by atoms with E-state index in [0.717, 1.165) is 15.1 Å². The molecule has 4 heteroatoms. The van der Waals surface area contributed by atoms with Crippen LogP contribution in [0.25, 0.3) is 11.1 Å². The summed E-state index contributed by atoms with van der Waals surface area (Å²) in [6.07, 6.45) is 5.38. The zero-order valence-electron chi connectivity index (χ0n) is 10.6. The van der Waals surface area contributed by atoms with E-state index in [1.165, 1.54) is 32.0 Å². The van der Waals surface area contributed by atoms with Crippen molar-refractivity contribution in [2.75, 3.05) is 0 Å². The maximum Gasteiger partial charge on any atom is 0.0937 e. The predicted molar refractivity (Wildman–Crippen MR) is 88.7 cm³/mol.